The highest BCUT2D eigenvalue weighted by atomic mass is 35.5. The highest BCUT2D eigenvalue weighted by Gasteiger charge is 2.33. The molecule has 0 heterocycles. The maximum atomic E-state index is 15.0. The normalized spacial score (nSPS) is 13.1. The predicted molar refractivity (Wildman–Crippen MR) is 136 cm³/mol. The second kappa shape index (κ2) is 14.9. The predicted octanol–water partition coefficient (Wildman–Crippen LogP) is 5.06. The number of imide groups is 1. The summed E-state index contributed by atoms with van der Waals surface area (Å²) in [6, 6.07) is 2.14. The second-order valence-electron chi connectivity index (χ2n) is 7.71. The van der Waals surface area contributed by atoms with Crippen molar-refractivity contribution in [1.29, 1.82) is 0 Å². The SMILES string of the molecule is C#CCOC(=O)C1=C(C(=O)N(C(=O)CCl)c2cc(SCC(=O)OCCCC)c(Cl)cc2F)CCCC1. The molecule has 1 aliphatic rings. The zero-order chi connectivity index (χ0) is 26.7. The average Bonchev–Trinajstić information content (AvgIpc) is 2.87. The molecule has 0 saturated carbocycles. The molecule has 1 aromatic carbocycles. The number of thioether (sulfide) groups is 1. The van der Waals surface area contributed by atoms with Crippen molar-refractivity contribution in [3.05, 3.63) is 34.1 Å². The van der Waals surface area contributed by atoms with Gasteiger partial charge in [-0.05, 0) is 44.2 Å². The van der Waals surface area contributed by atoms with Crippen LogP contribution in [0.15, 0.2) is 28.2 Å². The van der Waals surface area contributed by atoms with Gasteiger partial charge in [-0.1, -0.05) is 30.9 Å². The third-order valence-corrected chi connectivity index (χ3v) is 6.86. The number of carbonyl (C=O) groups excluding carboxylic acids is 4. The van der Waals surface area contributed by atoms with Gasteiger partial charge in [-0.3, -0.25) is 14.4 Å². The van der Waals surface area contributed by atoms with Crippen LogP contribution in [0.5, 0.6) is 0 Å². The molecule has 2 amide bonds. The Morgan fingerprint density at radius 1 is 1.17 bits per heavy atom. The van der Waals surface area contributed by atoms with Crippen molar-refractivity contribution >= 4 is 64.4 Å². The van der Waals surface area contributed by atoms with E-state index < -0.39 is 41.1 Å². The number of rotatable bonds is 11. The van der Waals surface area contributed by atoms with E-state index in [0.29, 0.717) is 17.7 Å². The largest absolute Gasteiger partial charge is 0.465 e. The number of halogens is 3. The Labute approximate surface area is 223 Å². The Kier molecular flexibility index (Phi) is 12.3. The van der Waals surface area contributed by atoms with Crippen LogP contribution in [0.25, 0.3) is 0 Å². The zero-order valence-corrected chi connectivity index (χ0v) is 22.1. The summed E-state index contributed by atoms with van der Waals surface area (Å²) in [6.45, 7) is 1.97. The van der Waals surface area contributed by atoms with Gasteiger partial charge in [0.05, 0.1) is 23.1 Å². The van der Waals surface area contributed by atoms with Crippen LogP contribution >= 0.6 is 35.0 Å². The van der Waals surface area contributed by atoms with E-state index in [-0.39, 0.29) is 52.9 Å². The molecular weight excluding hydrogens is 532 g/mol. The van der Waals surface area contributed by atoms with Crippen molar-refractivity contribution in [3.8, 4) is 12.3 Å². The lowest BCUT2D eigenvalue weighted by atomic mass is 9.90. The number of esters is 2. The van der Waals surface area contributed by atoms with E-state index >= 15 is 4.39 Å². The molecule has 0 N–H and O–H groups in total. The minimum absolute atomic E-state index is 0.0104. The maximum Gasteiger partial charge on any atom is 0.335 e. The van der Waals surface area contributed by atoms with Gasteiger partial charge in [0, 0.05) is 16.0 Å². The molecule has 1 aromatic rings. The summed E-state index contributed by atoms with van der Waals surface area (Å²) in [4.78, 5) is 51.6. The summed E-state index contributed by atoms with van der Waals surface area (Å²) in [7, 11) is 0. The number of unbranched alkanes of at least 4 members (excludes halogenated alkanes) is 1. The smallest absolute Gasteiger partial charge is 0.335 e. The topological polar surface area (TPSA) is 90.0 Å². The lowest BCUT2D eigenvalue weighted by molar-refractivity contribution is -0.140. The van der Waals surface area contributed by atoms with Gasteiger partial charge in [-0.15, -0.1) is 29.8 Å². The van der Waals surface area contributed by atoms with Gasteiger partial charge in [0.25, 0.3) is 5.91 Å². The van der Waals surface area contributed by atoms with Crippen LogP contribution < -0.4 is 4.90 Å². The minimum atomic E-state index is -0.949. The average molecular weight is 558 g/mol. The van der Waals surface area contributed by atoms with E-state index in [2.05, 4.69) is 5.92 Å². The van der Waals surface area contributed by atoms with E-state index in [4.69, 9.17) is 39.1 Å². The van der Waals surface area contributed by atoms with E-state index in [0.717, 1.165) is 30.7 Å². The van der Waals surface area contributed by atoms with Crippen LogP contribution in [0.4, 0.5) is 10.1 Å². The molecule has 0 fully saturated rings. The Morgan fingerprint density at radius 2 is 1.86 bits per heavy atom. The number of benzene rings is 1. The highest BCUT2D eigenvalue weighted by molar-refractivity contribution is 8.00. The van der Waals surface area contributed by atoms with E-state index in [1.807, 2.05) is 6.92 Å². The number of amides is 2. The Bertz CT molecular complexity index is 1090. The number of ether oxygens (including phenoxy) is 2. The molecule has 1 aliphatic carbocycles. The molecule has 0 aromatic heterocycles. The summed E-state index contributed by atoms with van der Waals surface area (Å²) in [5.74, 6) is -2.52. The zero-order valence-electron chi connectivity index (χ0n) is 19.7. The van der Waals surface area contributed by atoms with Crippen molar-refractivity contribution in [2.45, 2.75) is 50.3 Å². The van der Waals surface area contributed by atoms with Crippen LogP contribution in [-0.4, -0.2) is 48.6 Å². The molecule has 0 spiro atoms. The molecule has 0 unspecified atom stereocenters. The van der Waals surface area contributed by atoms with Gasteiger partial charge in [0.15, 0.2) is 6.61 Å². The first-order valence-electron chi connectivity index (χ1n) is 11.3. The standard InChI is InChI=1S/C25H26Cl2FNO6S/c1-3-5-11-34-23(31)15-36-21-13-20(19(28)12-18(21)27)29(22(30)14-26)24(32)16-8-6-7-9-17(16)25(33)35-10-4-2/h2,12-13H,3,5-11,14-15H2,1H3. The Hall–Kier alpha value is -2.54. The number of nitrogens with zero attached hydrogens (tertiary/aromatic N) is 1. The second-order valence-corrected chi connectivity index (χ2v) is 9.40. The van der Waals surface area contributed by atoms with Crippen LogP contribution in [0.3, 0.4) is 0 Å². The molecule has 0 atom stereocenters. The number of hydrogen-bond donors (Lipinski definition) is 0. The fourth-order valence-corrected chi connectivity index (χ4v) is 4.60. The lowest BCUT2D eigenvalue weighted by Gasteiger charge is -2.26. The van der Waals surface area contributed by atoms with Gasteiger partial charge in [0.1, 0.15) is 11.7 Å². The fraction of sp³-hybridized carbons (Fsp3) is 0.440. The molecule has 7 nitrogen and oxygen atoms in total. The number of carbonyl (C=O) groups is 4. The monoisotopic (exact) mass is 557 g/mol. The third kappa shape index (κ3) is 7.99. The summed E-state index contributed by atoms with van der Waals surface area (Å²) < 4.78 is 25.1. The quantitative estimate of drug-likeness (QED) is 0.123. The van der Waals surface area contributed by atoms with Gasteiger partial charge < -0.3 is 9.47 Å². The minimum Gasteiger partial charge on any atom is -0.465 e. The van der Waals surface area contributed by atoms with Gasteiger partial charge in [-0.25, -0.2) is 14.1 Å². The number of anilines is 1. The Balaban J connectivity index is 2.42. The maximum absolute atomic E-state index is 15.0. The van der Waals surface area contributed by atoms with Crippen molar-refractivity contribution in [1.82, 2.24) is 0 Å². The van der Waals surface area contributed by atoms with Crippen molar-refractivity contribution in [2.24, 2.45) is 0 Å². The van der Waals surface area contributed by atoms with Crippen LogP contribution in [0, 0.1) is 18.2 Å². The first-order valence-corrected chi connectivity index (χ1v) is 13.2. The summed E-state index contributed by atoms with van der Waals surface area (Å²) in [6.07, 6.45) is 8.38. The number of hydrogen-bond acceptors (Lipinski definition) is 7. The third-order valence-electron chi connectivity index (χ3n) is 5.17. The molecule has 11 heteroatoms. The van der Waals surface area contributed by atoms with Crippen molar-refractivity contribution in [2.75, 3.05) is 29.7 Å². The summed E-state index contributed by atoms with van der Waals surface area (Å²) in [5.41, 5.74) is -0.274. The molecule has 2 rings (SSSR count). The van der Waals surface area contributed by atoms with E-state index in [1.54, 1.807) is 0 Å². The highest BCUT2D eigenvalue weighted by Crippen LogP contribution is 2.36. The molecular formula is C25H26Cl2FNO6S. The van der Waals surface area contributed by atoms with Crippen molar-refractivity contribution in [3.63, 3.8) is 0 Å². The molecule has 0 saturated heterocycles. The summed E-state index contributed by atoms with van der Waals surface area (Å²) in [5, 5.41) is -0.0104. The summed E-state index contributed by atoms with van der Waals surface area (Å²) >= 11 is 12.9. The Morgan fingerprint density at radius 3 is 2.50 bits per heavy atom. The van der Waals surface area contributed by atoms with Crippen molar-refractivity contribution < 1.29 is 33.0 Å². The van der Waals surface area contributed by atoms with E-state index in [9.17, 15) is 19.2 Å². The molecule has 194 valence electrons. The molecule has 0 bridgehead atoms. The van der Waals surface area contributed by atoms with Gasteiger partial charge >= 0.3 is 11.9 Å². The van der Waals surface area contributed by atoms with E-state index in [1.165, 1.54) is 6.07 Å². The van der Waals surface area contributed by atoms with Gasteiger partial charge in [0.2, 0.25) is 5.91 Å². The van der Waals surface area contributed by atoms with Gasteiger partial charge in [-0.2, -0.15) is 0 Å². The van der Waals surface area contributed by atoms with Crippen LogP contribution in [-0.2, 0) is 28.7 Å². The number of alkyl halides is 1. The molecule has 0 radical (unpaired) electrons. The van der Waals surface area contributed by atoms with Crippen LogP contribution in [0.1, 0.15) is 45.4 Å². The number of terminal acetylenes is 1. The first-order chi connectivity index (χ1) is 17.2. The fourth-order valence-electron chi connectivity index (χ4n) is 3.42. The molecule has 0 aliphatic heterocycles. The molecule has 36 heavy (non-hydrogen) atoms. The van der Waals surface area contributed by atoms with Crippen LogP contribution in [0.2, 0.25) is 5.02 Å². The lowest BCUT2D eigenvalue weighted by Crippen LogP contribution is -2.40. The first kappa shape index (κ1) is 29.7.